The van der Waals surface area contributed by atoms with Crippen molar-refractivity contribution in [3.63, 3.8) is 0 Å². The smallest absolute Gasteiger partial charge is 0.258 e. The third-order valence-electron chi connectivity index (χ3n) is 3.29. The number of hydrogen-bond donors (Lipinski definition) is 0. The number of rotatable bonds is 2. The second-order valence-corrected chi connectivity index (χ2v) is 4.18. The van der Waals surface area contributed by atoms with E-state index in [0.29, 0.717) is 5.56 Å². The number of nitro groups is 1. The molecular formula is C12H12N2O2. The number of benzene rings is 1. The summed E-state index contributed by atoms with van der Waals surface area (Å²) >= 11 is 0. The fourth-order valence-corrected chi connectivity index (χ4v) is 2.46. The summed E-state index contributed by atoms with van der Waals surface area (Å²) in [6, 6.07) is 8.88. The van der Waals surface area contributed by atoms with Crippen LogP contribution in [-0.4, -0.2) is 4.92 Å². The van der Waals surface area contributed by atoms with Crippen LogP contribution in [0.2, 0.25) is 0 Å². The Morgan fingerprint density at radius 2 is 1.94 bits per heavy atom. The van der Waals surface area contributed by atoms with Gasteiger partial charge in [0.15, 0.2) is 0 Å². The fourth-order valence-electron chi connectivity index (χ4n) is 2.46. The molecule has 4 heteroatoms. The molecule has 0 spiro atoms. The van der Waals surface area contributed by atoms with Crippen molar-refractivity contribution in [3.8, 4) is 6.07 Å². The molecule has 1 aromatic rings. The van der Waals surface area contributed by atoms with Crippen LogP contribution in [0.4, 0.5) is 5.69 Å². The number of nitriles is 1. The number of para-hydroxylation sites is 1. The van der Waals surface area contributed by atoms with Gasteiger partial charge in [-0.05, 0) is 12.8 Å². The Labute approximate surface area is 93.7 Å². The highest BCUT2D eigenvalue weighted by molar-refractivity contribution is 5.49. The molecule has 1 aromatic carbocycles. The lowest BCUT2D eigenvalue weighted by Gasteiger charge is -2.20. The quantitative estimate of drug-likeness (QED) is 0.563. The van der Waals surface area contributed by atoms with E-state index in [1.165, 1.54) is 6.07 Å². The van der Waals surface area contributed by atoms with Gasteiger partial charge in [0.05, 0.1) is 22.0 Å². The molecule has 0 aromatic heterocycles. The Morgan fingerprint density at radius 1 is 1.31 bits per heavy atom. The topological polar surface area (TPSA) is 66.9 Å². The lowest BCUT2D eigenvalue weighted by Crippen LogP contribution is -2.20. The molecule has 0 atom stereocenters. The van der Waals surface area contributed by atoms with Gasteiger partial charge in [0, 0.05) is 6.07 Å². The third kappa shape index (κ3) is 1.54. The Bertz CT molecular complexity index is 456. The van der Waals surface area contributed by atoms with Crippen molar-refractivity contribution in [2.24, 2.45) is 0 Å². The maximum absolute atomic E-state index is 10.9. The van der Waals surface area contributed by atoms with Crippen molar-refractivity contribution in [2.75, 3.05) is 0 Å². The molecule has 1 fully saturated rings. The first kappa shape index (κ1) is 10.6. The summed E-state index contributed by atoms with van der Waals surface area (Å²) in [5.74, 6) is 0. The molecule has 0 heterocycles. The second kappa shape index (κ2) is 3.93. The minimum Gasteiger partial charge on any atom is -0.258 e. The lowest BCUT2D eigenvalue weighted by atomic mass is 9.79. The van der Waals surface area contributed by atoms with Crippen molar-refractivity contribution < 1.29 is 4.92 Å². The fraction of sp³-hybridized carbons (Fsp3) is 0.417. The first-order valence-corrected chi connectivity index (χ1v) is 5.35. The molecule has 4 nitrogen and oxygen atoms in total. The van der Waals surface area contributed by atoms with Crippen molar-refractivity contribution in [1.29, 1.82) is 5.26 Å². The molecule has 0 saturated heterocycles. The summed E-state index contributed by atoms with van der Waals surface area (Å²) in [6.45, 7) is 0. The third-order valence-corrected chi connectivity index (χ3v) is 3.29. The molecule has 0 bridgehead atoms. The van der Waals surface area contributed by atoms with Gasteiger partial charge in [-0.25, -0.2) is 0 Å². The number of nitrogens with zero attached hydrogens (tertiary/aromatic N) is 2. The molecule has 2 rings (SSSR count). The normalized spacial score (nSPS) is 17.9. The number of hydrogen-bond acceptors (Lipinski definition) is 3. The molecular weight excluding hydrogens is 204 g/mol. The number of nitro benzene ring substituents is 1. The van der Waals surface area contributed by atoms with Crippen molar-refractivity contribution >= 4 is 5.69 Å². The van der Waals surface area contributed by atoms with Crippen molar-refractivity contribution in [2.45, 2.75) is 31.1 Å². The molecule has 0 N–H and O–H groups in total. The highest BCUT2D eigenvalue weighted by Crippen LogP contribution is 2.43. The van der Waals surface area contributed by atoms with E-state index in [1.807, 2.05) is 0 Å². The average molecular weight is 216 g/mol. The van der Waals surface area contributed by atoms with E-state index in [9.17, 15) is 15.4 Å². The van der Waals surface area contributed by atoms with Crippen LogP contribution in [0, 0.1) is 21.4 Å². The van der Waals surface area contributed by atoms with Gasteiger partial charge in [0.1, 0.15) is 0 Å². The zero-order valence-corrected chi connectivity index (χ0v) is 8.85. The molecule has 0 radical (unpaired) electrons. The van der Waals surface area contributed by atoms with E-state index >= 15 is 0 Å². The minimum atomic E-state index is -0.635. The highest BCUT2D eigenvalue weighted by Gasteiger charge is 2.40. The van der Waals surface area contributed by atoms with Gasteiger partial charge in [0.2, 0.25) is 0 Å². The second-order valence-electron chi connectivity index (χ2n) is 4.18. The Hall–Kier alpha value is -1.89. The van der Waals surface area contributed by atoms with E-state index < -0.39 is 10.3 Å². The van der Waals surface area contributed by atoms with Crippen LogP contribution in [0.5, 0.6) is 0 Å². The van der Waals surface area contributed by atoms with Gasteiger partial charge in [-0.3, -0.25) is 10.1 Å². The summed E-state index contributed by atoms with van der Waals surface area (Å²) in [4.78, 5) is 10.5. The van der Waals surface area contributed by atoms with Crippen LogP contribution in [0.15, 0.2) is 24.3 Å². The van der Waals surface area contributed by atoms with Crippen LogP contribution < -0.4 is 0 Å². The minimum absolute atomic E-state index is 0.0750. The predicted molar refractivity (Wildman–Crippen MR) is 58.9 cm³/mol. The average Bonchev–Trinajstić information content (AvgIpc) is 2.78. The molecule has 1 aliphatic rings. The standard InChI is InChI=1S/C12H12N2O2/c13-9-12(7-3-4-8-12)10-5-1-2-6-11(10)14(15)16/h1-2,5-6H,3-4,7-8H2. The van der Waals surface area contributed by atoms with E-state index in [0.717, 1.165) is 25.7 Å². The van der Waals surface area contributed by atoms with Crippen molar-refractivity contribution in [1.82, 2.24) is 0 Å². The van der Waals surface area contributed by atoms with E-state index in [4.69, 9.17) is 0 Å². The molecule has 16 heavy (non-hydrogen) atoms. The Morgan fingerprint density at radius 3 is 2.50 bits per heavy atom. The summed E-state index contributed by atoms with van der Waals surface area (Å²) in [7, 11) is 0. The summed E-state index contributed by atoms with van der Waals surface area (Å²) in [6.07, 6.45) is 3.40. The van der Waals surface area contributed by atoms with Crippen LogP contribution in [0.1, 0.15) is 31.2 Å². The van der Waals surface area contributed by atoms with E-state index in [1.54, 1.807) is 18.2 Å². The SMILES string of the molecule is N#CC1(c2ccccc2[N+](=O)[O-])CCCC1. The molecule has 1 aliphatic carbocycles. The first-order chi connectivity index (χ1) is 7.69. The van der Waals surface area contributed by atoms with Gasteiger partial charge in [-0.2, -0.15) is 5.26 Å². The Balaban J connectivity index is 2.55. The van der Waals surface area contributed by atoms with Gasteiger partial charge in [0.25, 0.3) is 5.69 Å². The van der Waals surface area contributed by atoms with Gasteiger partial charge >= 0.3 is 0 Å². The predicted octanol–water partition coefficient (Wildman–Crippen LogP) is 2.93. The summed E-state index contributed by atoms with van der Waals surface area (Å²) in [5.41, 5.74) is 0.0230. The largest absolute Gasteiger partial charge is 0.274 e. The van der Waals surface area contributed by atoms with Crippen LogP contribution in [0.3, 0.4) is 0 Å². The molecule has 0 amide bonds. The zero-order chi connectivity index (χ0) is 11.6. The van der Waals surface area contributed by atoms with Crippen LogP contribution in [-0.2, 0) is 5.41 Å². The van der Waals surface area contributed by atoms with Crippen LogP contribution in [0.25, 0.3) is 0 Å². The zero-order valence-electron chi connectivity index (χ0n) is 8.85. The Kier molecular flexibility index (Phi) is 2.61. The lowest BCUT2D eigenvalue weighted by molar-refractivity contribution is -0.386. The van der Waals surface area contributed by atoms with E-state index in [2.05, 4.69) is 6.07 Å². The maximum Gasteiger partial charge on any atom is 0.274 e. The monoisotopic (exact) mass is 216 g/mol. The van der Waals surface area contributed by atoms with Gasteiger partial charge in [-0.15, -0.1) is 0 Å². The first-order valence-electron chi connectivity index (χ1n) is 5.35. The maximum atomic E-state index is 10.9. The molecule has 1 saturated carbocycles. The molecule has 82 valence electrons. The molecule has 0 aliphatic heterocycles. The summed E-state index contributed by atoms with van der Waals surface area (Å²) < 4.78 is 0. The van der Waals surface area contributed by atoms with Crippen LogP contribution >= 0.6 is 0 Å². The molecule has 0 unspecified atom stereocenters. The van der Waals surface area contributed by atoms with Gasteiger partial charge in [-0.1, -0.05) is 31.0 Å². The summed E-state index contributed by atoms with van der Waals surface area (Å²) in [5, 5.41) is 20.2. The highest BCUT2D eigenvalue weighted by atomic mass is 16.6. The van der Waals surface area contributed by atoms with Gasteiger partial charge < -0.3 is 0 Å². The van der Waals surface area contributed by atoms with E-state index in [-0.39, 0.29) is 5.69 Å². The van der Waals surface area contributed by atoms with Crippen molar-refractivity contribution in [3.05, 3.63) is 39.9 Å².